The first kappa shape index (κ1) is 16.7. The van der Waals surface area contributed by atoms with E-state index in [0.717, 1.165) is 44.4 Å². The molecule has 4 nitrogen and oxygen atoms in total. The van der Waals surface area contributed by atoms with Crippen LogP contribution >= 0.6 is 0 Å². The van der Waals surface area contributed by atoms with Gasteiger partial charge in [-0.2, -0.15) is 0 Å². The molecule has 0 radical (unpaired) electrons. The highest BCUT2D eigenvalue weighted by atomic mass is 16.5. The smallest absolute Gasteiger partial charge is 0.123 e. The molecule has 2 aliphatic rings. The number of rotatable bonds is 7. The van der Waals surface area contributed by atoms with Gasteiger partial charge >= 0.3 is 0 Å². The number of ether oxygens (including phenoxy) is 1. The van der Waals surface area contributed by atoms with E-state index in [9.17, 15) is 5.11 Å². The quantitative estimate of drug-likeness (QED) is 0.838. The lowest BCUT2D eigenvalue weighted by Gasteiger charge is -2.47. The van der Waals surface area contributed by atoms with Gasteiger partial charge in [-0.1, -0.05) is 24.6 Å². The zero-order valence-electron chi connectivity index (χ0n) is 14.3. The molecule has 0 unspecified atom stereocenters. The van der Waals surface area contributed by atoms with Crippen molar-refractivity contribution in [2.75, 3.05) is 32.8 Å². The molecule has 0 amide bonds. The van der Waals surface area contributed by atoms with Crippen LogP contribution in [0.5, 0.6) is 5.75 Å². The number of nitrogens with zero attached hydrogens (tertiary/aromatic N) is 2. The van der Waals surface area contributed by atoms with Crippen molar-refractivity contribution in [3.63, 3.8) is 0 Å². The molecule has 23 heavy (non-hydrogen) atoms. The van der Waals surface area contributed by atoms with Crippen LogP contribution in [0, 0.1) is 0 Å². The molecule has 4 heteroatoms. The minimum atomic E-state index is 0.271. The first-order chi connectivity index (χ1) is 11.3. The van der Waals surface area contributed by atoms with E-state index < -0.39 is 0 Å². The lowest BCUT2D eigenvalue weighted by Crippen LogP contribution is -2.57. The fourth-order valence-corrected chi connectivity index (χ4v) is 3.78. The van der Waals surface area contributed by atoms with Crippen molar-refractivity contribution in [1.29, 1.82) is 0 Å². The minimum Gasteiger partial charge on any atom is -0.494 e. The summed E-state index contributed by atoms with van der Waals surface area (Å²) in [5.41, 5.74) is 1.26. The predicted octanol–water partition coefficient (Wildman–Crippen LogP) is 2.51. The second-order valence-electron chi connectivity index (χ2n) is 6.76. The van der Waals surface area contributed by atoms with Gasteiger partial charge in [-0.3, -0.25) is 9.80 Å². The summed E-state index contributed by atoms with van der Waals surface area (Å²) in [4.78, 5) is 5.18. The van der Waals surface area contributed by atoms with Crippen LogP contribution in [0.2, 0.25) is 0 Å². The van der Waals surface area contributed by atoms with E-state index in [0.29, 0.717) is 12.6 Å². The molecule has 0 bridgehead atoms. The molecule has 1 heterocycles. The van der Waals surface area contributed by atoms with Gasteiger partial charge in [-0.25, -0.2) is 0 Å². The van der Waals surface area contributed by atoms with Crippen LogP contribution in [0.1, 0.15) is 38.2 Å². The molecule has 0 spiro atoms. The highest BCUT2D eigenvalue weighted by Crippen LogP contribution is 2.29. The van der Waals surface area contributed by atoms with Gasteiger partial charge in [0, 0.05) is 50.4 Å². The Morgan fingerprint density at radius 1 is 1.22 bits per heavy atom. The molecular weight excluding hydrogens is 288 g/mol. The van der Waals surface area contributed by atoms with Crippen LogP contribution in [0.25, 0.3) is 0 Å². The molecule has 128 valence electrons. The van der Waals surface area contributed by atoms with E-state index in [4.69, 9.17) is 4.74 Å². The normalized spacial score (nSPS) is 23.7. The number of para-hydroxylation sites is 1. The standard InChI is InChI=1S/C19H30N2O2/c1-2-23-19-9-4-3-6-16(19)14-20-11-12-21(17-7-5-8-17)15-18(20)10-13-22/h3-4,6,9,17-18,22H,2,5,7-8,10-15H2,1H3/t18-/m0/s1. The first-order valence-corrected chi connectivity index (χ1v) is 9.11. The third kappa shape index (κ3) is 4.06. The van der Waals surface area contributed by atoms with Crippen molar-refractivity contribution in [1.82, 2.24) is 9.80 Å². The van der Waals surface area contributed by atoms with Gasteiger partial charge in [-0.05, 0) is 32.3 Å². The molecule has 2 fully saturated rings. The van der Waals surface area contributed by atoms with E-state index in [2.05, 4.69) is 28.0 Å². The van der Waals surface area contributed by atoms with Crippen LogP contribution in [0.4, 0.5) is 0 Å². The zero-order valence-corrected chi connectivity index (χ0v) is 14.3. The molecule has 1 saturated carbocycles. The minimum absolute atomic E-state index is 0.271. The van der Waals surface area contributed by atoms with E-state index in [1.807, 2.05) is 13.0 Å². The van der Waals surface area contributed by atoms with Gasteiger partial charge in [-0.15, -0.1) is 0 Å². The third-order valence-corrected chi connectivity index (χ3v) is 5.34. The molecule has 1 aliphatic carbocycles. The van der Waals surface area contributed by atoms with Gasteiger partial charge < -0.3 is 9.84 Å². The Kier molecular flexibility index (Phi) is 5.92. The lowest BCUT2D eigenvalue weighted by atomic mass is 9.90. The molecule has 3 rings (SSSR count). The highest BCUT2D eigenvalue weighted by Gasteiger charge is 2.33. The molecule has 1 aliphatic heterocycles. The van der Waals surface area contributed by atoms with E-state index in [1.165, 1.54) is 24.8 Å². The van der Waals surface area contributed by atoms with Gasteiger partial charge in [0.05, 0.1) is 6.61 Å². The summed E-state index contributed by atoms with van der Waals surface area (Å²) in [5.74, 6) is 0.999. The van der Waals surface area contributed by atoms with E-state index in [1.54, 1.807) is 0 Å². The van der Waals surface area contributed by atoms with Crippen LogP contribution in [-0.4, -0.2) is 59.8 Å². The number of benzene rings is 1. The van der Waals surface area contributed by atoms with Crippen LogP contribution < -0.4 is 4.74 Å². The molecular formula is C19H30N2O2. The number of aliphatic hydroxyl groups is 1. The number of hydrogen-bond donors (Lipinski definition) is 1. The second-order valence-corrected chi connectivity index (χ2v) is 6.76. The molecule has 1 saturated heterocycles. The number of hydrogen-bond acceptors (Lipinski definition) is 4. The van der Waals surface area contributed by atoms with Crippen molar-refractivity contribution >= 4 is 0 Å². The summed E-state index contributed by atoms with van der Waals surface area (Å²) in [6, 6.07) is 9.60. The van der Waals surface area contributed by atoms with E-state index >= 15 is 0 Å². The SMILES string of the molecule is CCOc1ccccc1CN1CCN(C2CCC2)C[C@@H]1CCO. The Morgan fingerprint density at radius 3 is 2.74 bits per heavy atom. The van der Waals surface area contributed by atoms with E-state index in [-0.39, 0.29) is 6.61 Å². The van der Waals surface area contributed by atoms with Gasteiger partial charge in [0.1, 0.15) is 5.75 Å². The van der Waals surface area contributed by atoms with Crippen molar-refractivity contribution in [2.24, 2.45) is 0 Å². The fourth-order valence-electron chi connectivity index (χ4n) is 3.78. The topological polar surface area (TPSA) is 35.9 Å². The maximum atomic E-state index is 9.47. The zero-order chi connectivity index (χ0) is 16.1. The summed E-state index contributed by atoms with van der Waals surface area (Å²) in [6.45, 7) is 7.26. The van der Waals surface area contributed by atoms with Gasteiger partial charge in [0.2, 0.25) is 0 Å². The molecule has 1 atom stereocenters. The Bertz CT molecular complexity index is 490. The Balaban J connectivity index is 1.66. The maximum Gasteiger partial charge on any atom is 0.123 e. The summed E-state index contributed by atoms with van der Waals surface area (Å²) < 4.78 is 5.77. The largest absolute Gasteiger partial charge is 0.494 e. The fraction of sp³-hybridized carbons (Fsp3) is 0.684. The van der Waals surface area contributed by atoms with Crippen LogP contribution in [0.15, 0.2) is 24.3 Å². The van der Waals surface area contributed by atoms with Crippen molar-refractivity contribution in [3.05, 3.63) is 29.8 Å². The third-order valence-electron chi connectivity index (χ3n) is 5.34. The predicted molar refractivity (Wildman–Crippen MR) is 92.7 cm³/mol. The summed E-state index contributed by atoms with van der Waals surface area (Å²) >= 11 is 0. The molecule has 1 aromatic carbocycles. The van der Waals surface area contributed by atoms with Crippen LogP contribution in [-0.2, 0) is 6.54 Å². The first-order valence-electron chi connectivity index (χ1n) is 9.11. The highest BCUT2D eigenvalue weighted by molar-refractivity contribution is 5.33. The Labute approximate surface area is 140 Å². The number of piperazine rings is 1. The molecule has 1 aromatic rings. The summed E-state index contributed by atoms with van der Waals surface area (Å²) in [7, 11) is 0. The lowest BCUT2D eigenvalue weighted by molar-refractivity contribution is 0.0108. The Morgan fingerprint density at radius 2 is 2.04 bits per heavy atom. The van der Waals surface area contributed by atoms with Crippen molar-refractivity contribution < 1.29 is 9.84 Å². The summed E-state index contributed by atoms with van der Waals surface area (Å²) in [5, 5.41) is 9.47. The number of aliphatic hydroxyl groups excluding tert-OH is 1. The summed E-state index contributed by atoms with van der Waals surface area (Å²) in [6.07, 6.45) is 4.97. The van der Waals surface area contributed by atoms with Crippen molar-refractivity contribution in [3.8, 4) is 5.75 Å². The second kappa shape index (κ2) is 8.13. The van der Waals surface area contributed by atoms with Crippen molar-refractivity contribution in [2.45, 2.75) is 51.2 Å². The van der Waals surface area contributed by atoms with Gasteiger partial charge in [0.15, 0.2) is 0 Å². The van der Waals surface area contributed by atoms with Crippen LogP contribution in [0.3, 0.4) is 0 Å². The average Bonchev–Trinajstić information content (AvgIpc) is 2.50. The monoisotopic (exact) mass is 318 g/mol. The average molecular weight is 318 g/mol. The van der Waals surface area contributed by atoms with Gasteiger partial charge in [0.25, 0.3) is 0 Å². The Hall–Kier alpha value is -1.10. The maximum absolute atomic E-state index is 9.47. The molecule has 0 aromatic heterocycles. The molecule has 1 N–H and O–H groups in total.